The number of hydrogen-bond acceptors (Lipinski definition) is 3. The molecule has 1 heterocycles. The van der Waals surface area contributed by atoms with E-state index < -0.39 is 0 Å². The van der Waals surface area contributed by atoms with E-state index in [4.69, 9.17) is 21.1 Å². The Hall–Kier alpha value is -1.23. The zero-order chi connectivity index (χ0) is 18.2. The molecule has 0 bridgehead atoms. The first kappa shape index (κ1) is 19.5. The number of quaternary nitrogens is 1. The van der Waals surface area contributed by atoms with Crippen LogP contribution in [0.15, 0.2) is 29.6 Å². The van der Waals surface area contributed by atoms with E-state index in [1.807, 2.05) is 17.5 Å². The summed E-state index contributed by atoms with van der Waals surface area (Å²) < 4.78 is 11.5. The lowest BCUT2D eigenvalue weighted by molar-refractivity contribution is -0.706. The Morgan fingerprint density at radius 3 is 2.62 bits per heavy atom. The molecular weight excluding hydrogens is 366 g/mol. The molecule has 1 aliphatic rings. The minimum Gasteiger partial charge on any atom is -0.493 e. The Morgan fingerprint density at radius 1 is 1.15 bits per heavy atom. The Bertz CT molecular complexity index is 667. The number of methoxy groups -OCH3 is 1. The van der Waals surface area contributed by atoms with Crippen LogP contribution in [-0.4, -0.2) is 13.2 Å². The Labute approximate surface area is 165 Å². The van der Waals surface area contributed by atoms with E-state index in [2.05, 4.69) is 17.4 Å². The molecule has 0 atom stereocenters. The number of benzene rings is 1. The van der Waals surface area contributed by atoms with E-state index in [-0.39, 0.29) is 0 Å². The van der Waals surface area contributed by atoms with Gasteiger partial charge in [0, 0.05) is 10.4 Å². The summed E-state index contributed by atoms with van der Waals surface area (Å²) in [4.78, 5) is 1.17. The maximum Gasteiger partial charge on any atom is 0.180 e. The number of nitrogens with two attached hydrogens (primary N) is 1. The fraction of sp³-hybridized carbons (Fsp3) is 0.524. The van der Waals surface area contributed by atoms with Gasteiger partial charge in [0.15, 0.2) is 11.5 Å². The summed E-state index contributed by atoms with van der Waals surface area (Å²) in [6.45, 7) is 1.45. The molecule has 1 fully saturated rings. The van der Waals surface area contributed by atoms with Gasteiger partial charge in [-0.3, -0.25) is 0 Å². The van der Waals surface area contributed by atoms with Gasteiger partial charge in [0.1, 0.15) is 13.2 Å². The van der Waals surface area contributed by atoms with Gasteiger partial charge in [-0.05, 0) is 49.3 Å². The molecule has 3 nitrogen and oxygen atoms in total. The van der Waals surface area contributed by atoms with Crippen molar-refractivity contribution < 1.29 is 14.8 Å². The second kappa shape index (κ2) is 10.2. The monoisotopic (exact) mass is 394 g/mol. The van der Waals surface area contributed by atoms with Gasteiger partial charge < -0.3 is 14.8 Å². The van der Waals surface area contributed by atoms with Crippen molar-refractivity contribution in [2.24, 2.45) is 0 Å². The van der Waals surface area contributed by atoms with Crippen LogP contribution in [0.25, 0.3) is 0 Å². The van der Waals surface area contributed by atoms with E-state index in [0.29, 0.717) is 17.4 Å². The first-order valence-corrected chi connectivity index (χ1v) is 10.9. The molecule has 1 saturated carbocycles. The molecular formula is C21H29ClNO2S+. The van der Waals surface area contributed by atoms with Gasteiger partial charge in [0.25, 0.3) is 0 Å². The highest BCUT2D eigenvalue weighted by molar-refractivity contribution is 7.09. The lowest BCUT2D eigenvalue weighted by Gasteiger charge is -2.19. The van der Waals surface area contributed by atoms with Crippen LogP contribution < -0.4 is 14.8 Å². The number of ether oxygens (including phenoxy) is 2. The Kier molecular flexibility index (Phi) is 7.66. The van der Waals surface area contributed by atoms with Crippen molar-refractivity contribution in [3.05, 3.63) is 45.1 Å². The normalized spacial score (nSPS) is 16.1. The highest BCUT2D eigenvalue weighted by Gasteiger charge is 2.17. The van der Waals surface area contributed by atoms with E-state index in [1.165, 1.54) is 55.4 Å². The highest BCUT2D eigenvalue weighted by Crippen LogP contribution is 2.37. The van der Waals surface area contributed by atoms with Crippen molar-refractivity contribution in [3.8, 4) is 11.5 Å². The number of halogens is 1. The number of hydrogen-bond donors (Lipinski definition) is 1. The van der Waals surface area contributed by atoms with E-state index >= 15 is 0 Å². The van der Waals surface area contributed by atoms with Crippen molar-refractivity contribution in [2.45, 2.75) is 64.1 Å². The van der Waals surface area contributed by atoms with Crippen LogP contribution in [0.1, 0.15) is 55.4 Å². The van der Waals surface area contributed by atoms with Crippen molar-refractivity contribution in [1.82, 2.24) is 0 Å². The van der Waals surface area contributed by atoms with Crippen LogP contribution in [0.3, 0.4) is 0 Å². The lowest BCUT2D eigenvalue weighted by atomic mass is 9.96. The van der Waals surface area contributed by atoms with Crippen molar-refractivity contribution >= 4 is 22.9 Å². The van der Waals surface area contributed by atoms with Crippen molar-refractivity contribution in [2.75, 3.05) is 7.11 Å². The Balaban J connectivity index is 1.61. The Morgan fingerprint density at radius 2 is 1.92 bits per heavy atom. The molecule has 0 saturated heterocycles. The largest absolute Gasteiger partial charge is 0.493 e. The molecule has 0 radical (unpaired) electrons. The molecule has 1 aliphatic carbocycles. The number of rotatable bonds is 7. The summed E-state index contributed by atoms with van der Waals surface area (Å²) in [7, 11) is 1.67. The molecule has 1 aromatic carbocycles. The second-order valence-electron chi connectivity index (χ2n) is 7.02. The fourth-order valence-corrected chi connectivity index (χ4v) is 4.50. The van der Waals surface area contributed by atoms with Crippen LogP contribution in [-0.2, 0) is 13.2 Å². The molecule has 26 heavy (non-hydrogen) atoms. The molecule has 3 rings (SSSR count). The van der Waals surface area contributed by atoms with Crippen molar-refractivity contribution in [1.29, 1.82) is 0 Å². The molecule has 0 unspecified atom stereocenters. The maximum atomic E-state index is 6.51. The van der Waals surface area contributed by atoms with Crippen LogP contribution >= 0.6 is 22.9 Å². The van der Waals surface area contributed by atoms with Gasteiger partial charge in [0.2, 0.25) is 0 Å². The fourth-order valence-electron chi connectivity index (χ4n) is 3.60. The average Bonchev–Trinajstić information content (AvgIpc) is 3.13. The standard InChI is InChI=1S/C21H28ClNO2S/c1-24-20-13-16(14-23-17-8-5-3-2-4-6-9-17)12-19(22)21(20)25-15-18-10-7-11-26-18/h7,10-13,17,23H,2-6,8-9,14-15H2,1H3/p+1. The van der Waals surface area contributed by atoms with E-state index in [1.54, 1.807) is 18.4 Å². The molecule has 0 amide bonds. The molecule has 1 aromatic heterocycles. The van der Waals surface area contributed by atoms with Crippen LogP contribution in [0, 0.1) is 0 Å². The molecule has 0 aliphatic heterocycles. The van der Waals surface area contributed by atoms with Gasteiger partial charge in [-0.15, -0.1) is 11.3 Å². The first-order chi connectivity index (χ1) is 12.8. The minimum absolute atomic E-state index is 0.515. The zero-order valence-electron chi connectivity index (χ0n) is 15.5. The molecule has 5 heteroatoms. The molecule has 2 N–H and O–H groups in total. The second-order valence-corrected chi connectivity index (χ2v) is 8.46. The summed E-state index contributed by atoms with van der Waals surface area (Å²) in [5, 5.41) is 5.15. The van der Waals surface area contributed by atoms with Gasteiger partial charge in [0.05, 0.1) is 18.2 Å². The maximum absolute atomic E-state index is 6.51. The molecule has 0 spiro atoms. The third kappa shape index (κ3) is 5.63. The van der Waals surface area contributed by atoms with Crippen LogP contribution in [0.5, 0.6) is 11.5 Å². The summed E-state index contributed by atoms with van der Waals surface area (Å²) >= 11 is 8.19. The summed E-state index contributed by atoms with van der Waals surface area (Å²) in [6.07, 6.45) is 9.56. The quantitative estimate of drug-likeness (QED) is 0.703. The third-order valence-corrected chi connectivity index (χ3v) is 6.20. The van der Waals surface area contributed by atoms with E-state index in [9.17, 15) is 0 Å². The summed E-state index contributed by atoms with van der Waals surface area (Å²) in [5.41, 5.74) is 1.19. The minimum atomic E-state index is 0.515. The topological polar surface area (TPSA) is 35.1 Å². The van der Waals surface area contributed by atoms with Crippen LogP contribution in [0.4, 0.5) is 0 Å². The van der Waals surface area contributed by atoms with Gasteiger partial charge >= 0.3 is 0 Å². The van der Waals surface area contributed by atoms with Gasteiger partial charge in [-0.25, -0.2) is 0 Å². The summed E-state index contributed by atoms with van der Waals surface area (Å²) in [5.74, 6) is 1.35. The predicted molar refractivity (Wildman–Crippen MR) is 108 cm³/mol. The van der Waals surface area contributed by atoms with E-state index in [0.717, 1.165) is 18.3 Å². The van der Waals surface area contributed by atoms with Crippen molar-refractivity contribution in [3.63, 3.8) is 0 Å². The predicted octanol–water partition coefficient (Wildman–Crippen LogP) is 5.17. The van der Waals surface area contributed by atoms with Gasteiger partial charge in [-0.2, -0.15) is 0 Å². The lowest BCUT2D eigenvalue weighted by Crippen LogP contribution is -2.88. The summed E-state index contributed by atoms with van der Waals surface area (Å²) in [6, 6.07) is 8.90. The van der Waals surface area contributed by atoms with Crippen LogP contribution in [0.2, 0.25) is 5.02 Å². The average molecular weight is 395 g/mol. The van der Waals surface area contributed by atoms with Gasteiger partial charge in [-0.1, -0.05) is 36.9 Å². The SMILES string of the molecule is COc1cc(C[NH2+]C2CCCCCCC2)cc(Cl)c1OCc1cccs1. The molecule has 2 aromatic rings. The third-order valence-electron chi connectivity index (χ3n) is 5.06. The first-order valence-electron chi connectivity index (χ1n) is 9.61. The highest BCUT2D eigenvalue weighted by atomic mass is 35.5. The smallest absolute Gasteiger partial charge is 0.180 e. The number of thiophene rings is 1. The molecule has 142 valence electrons. The zero-order valence-corrected chi connectivity index (χ0v) is 17.1.